The number of hydrogen-bond acceptors (Lipinski definition) is 5. The fourth-order valence-corrected chi connectivity index (χ4v) is 3.48. The average Bonchev–Trinajstić information content (AvgIpc) is 3.20. The number of nitrogens with zero attached hydrogens (tertiary/aromatic N) is 4. The molecule has 1 saturated heterocycles. The van der Waals surface area contributed by atoms with Gasteiger partial charge in [-0.1, -0.05) is 0 Å². The Hall–Kier alpha value is -3.30. The number of carbonyl (C=O) groups is 1. The van der Waals surface area contributed by atoms with Crippen LogP contribution in [0.5, 0.6) is 0 Å². The van der Waals surface area contributed by atoms with E-state index in [1.54, 1.807) is 0 Å². The highest BCUT2D eigenvalue weighted by atomic mass is 19.1. The molecule has 0 saturated carbocycles. The number of nitrogens with two attached hydrogens (primary N) is 1. The molecule has 1 aliphatic rings. The molecular weight excluding hydrogens is 373 g/mol. The number of carbonyl (C=O) groups excluding carboxylic acids is 1. The van der Waals surface area contributed by atoms with Crippen LogP contribution in [0, 0.1) is 11.6 Å². The number of rotatable bonds is 3. The van der Waals surface area contributed by atoms with Gasteiger partial charge in [-0.15, -0.1) is 5.10 Å². The Morgan fingerprint density at radius 2 is 2.21 bits per heavy atom. The van der Waals surface area contributed by atoms with Crippen LogP contribution in [0.4, 0.5) is 24.8 Å². The predicted molar refractivity (Wildman–Crippen MR) is 96.7 cm³/mol. The molecule has 1 aromatic carbocycles. The summed E-state index contributed by atoms with van der Waals surface area (Å²) >= 11 is 0. The Balaban J connectivity index is 1.77. The average molecular weight is 393 g/mol. The number of nitrogens with one attached hydrogen (secondary N) is 1. The van der Waals surface area contributed by atoms with Gasteiger partial charge in [0, 0.05) is 29.3 Å². The number of halogens is 3. The molecule has 146 valence electrons. The van der Waals surface area contributed by atoms with Crippen molar-refractivity contribution in [2.45, 2.75) is 18.6 Å². The van der Waals surface area contributed by atoms with Crippen LogP contribution in [0.3, 0.4) is 0 Å². The maximum Gasteiger partial charge on any atom is 0.258 e. The van der Waals surface area contributed by atoms with Crippen molar-refractivity contribution < 1.29 is 22.1 Å². The highest BCUT2D eigenvalue weighted by Gasteiger charge is 2.36. The van der Waals surface area contributed by atoms with E-state index in [0.29, 0.717) is 0 Å². The number of alkyl halides is 1. The molecule has 0 spiro atoms. The zero-order valence-electron chi connectivity index (χ0n) is 17.4. The molecule has 1 fully saturated rings. The van der Waals surface area contributed by atoms with E-state index in [0.717, 1.165) is 18.2 Å². The third-order valence-electron chi connectivity index (χ3n) is 4.70. The Labute approximate surface area is 162 Å². The molecule has 10 heteroatoms. The second kappa shape index (κ2) is 6.70. The first-order valence-electron chi connectivity index (χ1n) is 9.86. The van der Waals surface area contributed by atoms with Crippen LogP contribution in [-0.4, -0.2) is 40.2 Å². The van der Waals surface area contributed by atoms with Gasteiger partial charge in [0.25, 0.3) is 5.91 Å². The smallest absolute Gasteiger partial charge is 0.258 e. The Morgan fingerprint density at radius 1 is 1.39 bits per heavy atom. The lowest BCUT2D eigenvalue weighted by Gasteiger charge is -2.26. The largest absolute Gasteiger partial charge is 0.381 e. The van der Waals surface area contributed by atoms with Gasteiger partial charge in [0.2, 0.25) is 0 Å². The van der Waals surface area contributed by atoms with Crippen molar-refractivity contribution in [3.05, 3.63) is 53.2 Å². The Bertz CT molecular complexity index is 1170. The molecule has 0 radical (unpaired) electrons. The van der Waals surface area contributed by atoms with Crippen LogP contribution >= 0.6 is 0 Å². The summed E-state index contributed by atoms with van der Waals surface area (Å²) in [5.74, 6) is -2.42. The van der Waals surface area contributed by atoms with Gasteiger partial charge in [-0.05, 0) is 24.3 Å². The fourth-order valence-electron chi connectivity index (χ4n) is 3.48. The lowest BCUT2D eigenvalue weighted by Crippen LogP contribution is -2.26. The van der Waals surface area contributed by atoms with Crippen LogP contribution in [0.15, 0.2) is 30.5 Å². The molecule has 1 aliphatic heterocycles. The van der Waals surface area contributed by atoms with E-state index in [9.17, 15) is 18.0 Å². The van der Waals surface area contributed by atoms with Crippen molar-refractivity contribution in [1.82, 2.24) is 19.9 Å². The fraction of sp³-hybridized carbons (Fsp3) is 0.278. The normalized spacial score (nSPS) is 21.4. The summed E-state index contributed by atoms with van der Waals surface area (Å²) in [5, 5.41) is 5.76. The number of benzene rings is 1. The molecule has 3 heterocycles. The first kappa shape index (κ1) is 14.7. The summed E-state index contributed by atoms with van der Waals surface area (Å²) in [6.45, 7) is -2.89. The molecule has 1 amide bonds. The number of fused-ring (bicyclic) bond motifs is 1. The van der Waals surface area contributed by atoms with Crippen molar-refractivity contribution in [2.75, 3.05) is 24.2 Å². The van der Waals surface area contributed by atoms with Crippen molar-refractivity contribution in [2.24, 2.45) is 0 Å². The molecule has 3 aromatic rings. The number of anilines is 2. The van der Waals surface area contributed by atoms with E-state index in [1.165, 1.54) is 21.7 Å². The number of amides is 1. The van der Waals surface area contributed by atoms with Crippen molar-refractivity contribution in [1.29, 1.82) is 0 Å². The maximum atomic E-state index is 14.3. The quantitative estimate of drug-likeness (QED) is 0.713. The first-order valence-corrected chi connectivity index (χ1v) is 8.36. The van der Waals surface area contributed by atoms with E-state index in [4.69, 9.17) is 9.85 Å². The van der Waals surface area contributed by atoms with Crippen LogP contribution in [0.2, 0.25) is 0 Å². The molecule has 0 bridgehead atoms. The molecule has 3 N–H and O–H groups in total. The van der Waals surface area contributed by atoms with Gasteiger partial charge >= 0.3 is 0 Å². The molecule has 7 nitrogen and oxygen atoms in total. The highest BCUT2D eigenvalue weighted by molar-refractivity contribution is 6.04. The van der Waals surface area contributed by atoms with Crippen LogP contribution in [0.25, 0.3) is 5.65 Å². The summed E-state index contributed by atoms with van der Waals surface area (Å²) in [5.41, 5.74) is 5.43. The lowest BCUT2D eigenvalue weighted by molar-refractivity contribution is 0.0965. The van der Waals surface area contributed by atoms with Gasteiger partial charge < -0.3 is 16.0 Å². The minimum atomic E-state index is -2.76. The third-order valence-corrected chi connectivity index (χ3v) is 4.70. The number of aromatic nitrogens is 3. The van der Waals surface area contributed by atoms with E-state index in [-0.39, 0.29) is 41.4 Å². The Morgan fingerprint density at radius 3 is 3.00 bits per heavy atom. The van der Waals surface area contributed by atoms with E-state index in [1.807, 2.05) is 5.32 Å². The van der Waals surface area contributed by atoms with Gasteiger partial charge in [0.1, 0.15) is 29.2 Å². The van der Waals surface area contributed by atoms with Gasteiger partial charge in [-0.2, -0.15) is 0 Å². The molecule has 2 aromatic heterocycles. The summed E-state index contributed by atoms with van der Waals surface area (Å²) < 4.78 is 65.1. The minimum absolute atomic E-state index is 0.0183. The maximum absolute atomic E-state index is 14.3. The SMILES string of the molecule is [2H]C([2H])([2H])NC(=O)c1c(N)nn2ccc(N3C[C@@H](F)C[C@@H]3c3cc(F)ccc3F)nc12. The van der Waals surface area contributed by atoms with Crippen molar-refractivity contribution in [3.8, 4) is 0 Å². The van der Waals surface area contributed by atoms with Gasteiger partial charge in [-0.3, -0.25) is 4.79 Å². The molecule has 2 atom stereocenters. The summed E-state index contributed by atoms with van der Waals surface area (Å²) in [6, 6.07) is 3.59. The first-order chi connectivity index (χ1) is 14.5. The zero-order valence-corrected chi connectivity index (χ0v) is 14.4. The zero-order chi connectivity index (χ0) is 22.5. The molecule has 28 heavy (non-hydrogen) atoms. The van der Waals surface area contributed by atoms with Crippen LogP contribution in [-0.2, 0) is 0 Å². The van der Waals surface area contributed by atoms with Crippen LogP contribution in [0.1, 0.15) is 32.5 Å². The Kier molecular flexibility index (Phi) is 3.52. The monoisotopic (exact) mass is 393 g/mol. The molecule has 0 aliphatic carbocycles. The second-order valence-corrected chi connectivity index (χ2v) is 6.44. The molecular formula is C18H17F3N6O. The van der Waals surface area contributed by atoms with Crippen molar-refractivity contribution in [3.63, 3.8) is 0 Å². The summed E-state index contributed by atoms with van der Waals surface area (Å²) in [4.78, 5) is 18.2. The van der Waals surface area contributed by atoms with E-state index < -0.39 is 36.7 Å². The van der Waals surface area contributed by atoms with E-state index in [2.05, 4.69) is 10.1 Å². The second-order valence-electron chi connectivity index (χ2n) is 6.44. The van der Waals surface area contributed by atoms with Crippen molar-refractivity contribution >= 4 is 23.2 Å². The summed E-state index contributed by atoms with van der Waals surface area (Å²) in [7, 11) is 0. The number of nitrogen functional groups attached to an aromatic ring is 1. The molecule has 4 rings (SSSR count). The number of hydrogen-bond donors (Lipinski definition) is 2. The highest BCUT2D eigenvalue weighted by Crippen LogP contribution is 2.38. The van der Waals surface area contributed by atoms with Crippen LogP contribution < -0.4 is 16.0 Å². The third kappa shape index (κ3) is 2.90. The van der Waals surface area contributed by atoms with Gasteiger partial charge in [0.15, 0.2) is 11.5 Å². The predicted octanol–water partition coefficient (Wildman–Crippen LogP) is 2.24. The topological polar surface area (TPSA) is 88.5 Å². The molecule has 0 unspecified atom stereocenters. The summed E-state index contributed by atoms with van der Waals surface area (Å²) in [6.07, 6.45) is 0.00475. The van der Waals surface area contributed by atoms with E-state index >= 15 is 0 Å². The minimum Gasteiger partial charge on any atom is -0.381 e. The van der Waals surface area contributed by atoms with Gasteiger partial charge in [-0.25, -0.2) is 22.7 Å². The lowest BCUT2D eigenvalue weighted by atomic mass is 10.0. The standard InChI is InChI=1S/C18H17F3N6O/c1-23-18(28)15-16(22)25-27-5-4-14(24-17(15)27)26-8-10(20)7-13(26)11-6-9(19)2-3-12(11)21/h2-6,10,13H,7-8H2,1H3,(H2,22,25)(H,23,28)/t10-,13+/m0/s1/i1D3. The van der Waals surface area contributed by atoms with Gasteiger partial charge in [0.05, 0.1) is 12.6 Å².